The number of carbonyl (C=O) groups excluding carboxylic acids is 1. The van der Waals surface area contributed by atoms with Gasteiger partial charge in [-0.05, 0) is 88.2 Å². The van der Waals surface area contributed by atoms with Crippen molar-refractivity contribution in [2.24, 2.45) is 5.92 Å². The molecule has 1 aliphatic carbocycles. The third-order valence-corrected chi connectivity index (χ3v) is 7.51. The number of fused-ring (bicyclic) bond motifs is 1. The molecule has 28 heavy (non-hydrogen) atoms. The maximum Gasteiger partial charge on any atom is 0.240 e. The van der Waals surface area contributed by atoms with E-state index in [1.807, 2.05) is 6.07 Å². The molecule has 1 aromatic rings. The number of benzene rings is 1. The second-order valence-corrected chi connectivity index (χ2v) is 10.3. The summed E-state index contributed by atoms with van der Waals surface area (Å²) in [5.74, 6) is 0.544. The van der Waals surface area contributed by atoms with E-state index >= 15 is 0 Å². The van der Waals surface area contributed by atoms with Gasteiger partial charge < -0.3 is 10.2 Å². The lowest BCUT2D eigenvalue weighted by atomic mass is 9.93. The molecule has 0 unspecified atom stereocenters. The van der Waals surface area contributed by atoms with Crippen molar-refractivity contribution < 1.29 is 13.2 Å². The zero-order valence-electron chi connectivity index (χ0n) is 17.2. The highest BCUT2D eigenvalue weighted by atomic mass is 32.2. The van der Waals surface area contributed by atoms with Gasteiger partial charge in [-0.1, -0.05) is 6.07 Å². The van der Waals surface area contributed by atoms with E-state index in [-0.39, 0.29) is 11.9 Å². The maximum absolute atomic E-state index is 12.7. The van der Waals surface area contributed by atoms with Crippen LogP contribution in [0.4, 0.5) is 0 Å². The van der Waals surface area contributed by atoms with Crippen LogP contribution in [0.25, 0.3) is 0 Å². The van der Waals surface area contributed by atoms with Crippen LogP contribution in [-0.2, 0) is 27.7 Å². The van der Waals surface area contributed by atoms with Gasteiger partial charge >= 0.3 is 0 Å². The van der Waals surface area contributed by atoms with E-state index in [1.54, 1.807) is 12.1 Å². The van der Waals surface area contributed by atoms with E-state index in [1.165, 1.54) is 6.92 Å². The van der Waals surface area contributed by atoms with Crippen LogP contribution in [0.15, 0.2) is 23.1 Å². The Kier molecular flexibility index (Phi) is 6.78. The SMILES string of the molecule is CC(=O)N[C@@H]1Cc2ccc(S(=O)(=O)NCCC3CCN(C(C)C)CC3)cc2C1. The number of sulfonamides is 1. The lowest BCUT2D eigenvalue weighted by molar-refractivity contribution is -0.119. The molecule has 3 rings (SSSR count). The fourth-order valence-corrected chi connectivity index (χ4v) is 5.49. The zero-order chi connectivity index (χ0) is 20.3. The summed E-state index contributed by atoms with van der Waals surface area (Å²) in [6.45, 7) is 8.66. The van der Waals surface area contributed by atoms with Gasteiger partial charge in [-0.25, -0.2) is 13.1 Å². The standard InChI is InChI=1S/C21H33N3O3S/c1-15(2)24-10-7-17(8-11-24)6-9-22-28(26,27)21-5-4-18-12-20(23-16(3)25)13-19(18)14-21/h4-5,14-15,17,20,22H,6-13H2,1-3H3,(H,23,25)/t20-/m1/s1. The predicted octanol–water partition coefficient (Wildman–Crippen LogP) is 2.08. The number of amides is 1. The van der Waals surface area contributed by atoms with Crippen molar-refractivity contribution in [3.8, 4) is 0 Å². The average molecular weight is 408 g/mol. The Morgan fingerprint density at radius 2 is 1.86 bits per heavy atom. The molecule has 0 bridgehead atoms. The number of hydrogen-bond acceptors (Lipinski definition) is 4. The minimum atomic E-state index is -3.50. The highest BCUT2D eigenvalue weighted by Crippen LogP contribution is 2.26. The molecular weight excluding hydrogens is 374 g/mol. The third-order valence-electron chi connectivity index (χ3n) is 6.05. The van der Waals surface area contributed by atoms with Crippen LogP contribution in [0.3, 0.4) is 0 Å². The smallest absolute Gasteiger partial charge is 0.240 e. The highest BCUT2D eigenvalue weighted by Gasteiger charge is 2.25. The van der Waals surface area contributed by atoms with E-state index in [9.17, 15) is 13.2 Å². The first-order valence-electron chi connectivity index (χ1n) is 10.4. The first-order chi connectivity index (χ1) is 13.2. The monoisotopic (exact) mass is 407 g/mol. The van der Waals surface area contributed by atoms with Crippen molar-refractivity contribution in [3.63, 3.8) is 0 Å². The predicted molar refractivity (Wildman–Crippen MR) is 111 cm³/mol. The van der Waals surface area contributed by atoms with Gasteiger partial charge in [0.1, 0.15) is 0 Å². The average Bonchev–Trinajstić information content (AvgIpc) is 3.02. The molecule has 1 saturated heterocycles. The first kappa shape index (κ1) is 21.3. The van der Waals surface area contributed by atoms with Gasteiger partial charge in [-0.15, -0.1) is 0 Å². The van der Waals surface area contributed by atoms with E-state index in [4.69, 9.17) is 0 Å². The van der Waals surface area contributed by atoms with Gasteiger partial charge in [-0.2, -0.15) is 0 Å². The Morgan fingerprint density at radius 1 is 1.18 bits per heavy atom. The number of nitrogens with zero attached hydrogens (tertiary/aromatic N) is 1. The van der Waals surface area contributed by atoms with E-state index in [0.717, 1.165) is 49.9 Å². The fourth-order valence-electron chi connectivity index (χ4n) is 4.39. The fraction of sp³-hybridized carbons (Fsp3) is 0.667. The summed E-state index contributed by atoms with van der Waals surface area (Å²) in [6, 6.07) is 5.98. The number of hydrogen-bond donors (Lipinski definition) is 2. The number of rotatable bonds is 7. The van der Waals surface area contributed by atoms with Crippen molar-refractivity contribution in [1.82, 2.24) is 14.9 Å². The van der Waals surface area contributed by atoms with Gasteiger partial charge in [-0.3, -0.25) is 4.79 Å². The molecule has 1 amide bonds. The molecule has 0 radical (unpaired) electrons. The van der Waals surface area contributed by atoms with Crippen LogP contribution in [0.2, 0.25) is 0 Å². The van der Waals surface area contributed by atoms with Crippen molar-refractivity contribution in [2.45, 2.75) is 69.9 Å². The molecule has 1 atom stereocenters. The number of nitrogens with one attached hydrogen (secondary N) is 2. The molecule has 1 fully saturated rings. The maximum atomic E-state index is 12.7. The zero-order valence-corrected chi connectivity index (χ0v) is 18.0. The minimum Gasteiger partial charge on any atom is -0.353 e. The molecule has 2 N–H and O–H groups in total. The lowest BCUT2D eigenvalue weighted by Crippen LogP contribution is -2.39. The minimum absolute atomic E-state index is 0.0495. The summed E-state index contributed by atoms with van der Waals surface area (Å²) in [5, 5.41) is 2.92. The van der Waals surface area contributed by atoms with E-state index in [2.05, 4.69) is 28.8 Å². The molecule has 1 heterocycles. The number of piperidine rings is 1. The van der Waals surface area contributed by atoms with Crippen molar-refractivity contribution in [3.05, 3.63) is 29.3 Å². The lowest BCUT2D eigenvalue weighted by Gasteiger charge is -2.34. The molecule has 2 aliphatic rings. The highest BCUT2D eigenvalue weighted by molar-refractivity contribution is 7.89. The third kappa shape index (κ3) is 5.33. The molecule has 0 spiro atoms. The summed E-state index contributed by atoms with van der Waals surface area (Å²) in [7, 11) is -3.50. The molecule has 1 aromatic carbocycles. The molecule has 156 valence electrons. The molecule has 6 nitrogen and oxygen atoms in total. The Bertz CT molecular complexity index is 799. The summed E-state index contributed by atoms with van der Waals surface area (Å²) in [4.78, 5) is 14.1. The van der Waals surface area contributed by atoms with Crippen molar-refractivity contribution in [2.75, 3.05) is 19.6 Å². The number of carbonyl (C=O) groups is 1. The Balaban J connectivity index is 1.51. The largest absolute Gasteiger partial charge is 0.353 e. The second kappa shape index (κ2) is 8.93. The molecule has 7 heteroatoms. The quantitative estimate of drug-likeness (QED) is 0.725. The molecular formula is C21H33N3O3S. The summed E-state index contributed by atoms with van der Waals surface area (Å²) in [6.07, 6.45) is 4.62. The van der Waals surface area contributed by atoms with Gasteiger partial charge in [0.2, 0.25) is 15.9 Å². The van der Waals surface area contributed by atoms with Crippen LogP contribution in [0.1, 0.15) is 51.2 Å². The Labute approximate surface area is 169 Å². The van der Waals surface area contributed by atoms with Gasteiger partial charge in [0.25, 0.3) is 0 Å². The molecule has 0 saturated carbocycles. The van der Waals surface area contributed by atoms with Crippen molar-refractivity contribution in [1.29, 1.82) is 0 Å². The second-order valence-electron chi connectivity index (χ2n) is 8.50. The first-order valence-corrected chi connectivity index (χ1v) is 11.9. The summed E-state index contributed by atoms with van der Waals surface area (Å²) >= 11 is 0. The normalized spacial score (nSPS) is 21.1. The van der Waals surface area contributed by atoms with E-state index in [0.29, 0.717) is 29.8 Å². The summed E-state index contributed by atoms with van der Waals surface area (Å²) in [5.41, 5.74) is 2.14. The van der Waals surface area contributed by atoms with Gasteiger partial charge in [0, 0.05) is 25.6 Å². The Morgan fingerprint density at radius 3 is 2.50 bits per heavy atom. The Hall–Kier alpha value is -1.44. The van der Waals surface area contributed by atoms with Crippen LogP contribution in [0.5, 0.6) is 0 Å². The molecule has 0 aromatic heterocycles. The van der Waals surface area contributed by atoms with E-state index < -0.39 is 10.0 Å². The van der Waals surface area contributed by atoms with Crippen LogP contribution < -0.4 is 10.0 Å². The molecule has 1 aliphatic heterocycles. The van der Waals surface area contributed by atoms with Crippen molar-refractivity contribution >= 4 is 15.9 Å². The number of likely N-dealkylation sites (tertiary alicyclic amines) is 1. The van der Waals surface area contributed by atoms with Crippen LogP contribution in [-0.4, -0.2) is 50.9 Å². The van der Waals surface area contributed by atoms with Crippen LogP contribution >= 0.6 is 0 Å². The van der Waals surface area contributed by atoms with Gasteiger partial charge in [0.15, 0.2) is 0 Å². The topological polar surface area (TPSA) is 78.5 Å². The van der Waals surface area contributed by atoms with Gasteiger partial charge in [0.05, 0.1) is 4.90 Å². The summed E-state index contributed by atoms with van der Waals surface area (Å²) < 4.78 is 28.2. The van der Waals surface area contributed by atoms with Crippen LogP contribution in [0, 0.1) is 5.92 Å².